The first kappa shape index (κ1) is 23.2. The van der Waals surface area contributed by atoms with Crippen molar-refractivity contribution in [2.45, 2.75) is 11.8 Å². The average molecular weight is 476 g/mol. The molecule has 0 saturated heterocycles. The quantitative estimate of drug-likeness (QED) is 0.548. The molecule has 0 aromatic heterocycles. The molecular weight excluding hydrogens is 457 g/mol. The summed E-state index contributed by atoms with van der Waals surface area (Å²) in [5, 5.41) is 2.42. The molecule has 0 aliphatic carbocycles. The van der Waals surface area contributed by atoms with Crippen LogP contribution in [0.1, 0.15) is 17.3 Å². The molecule has 3 aromatic carbocycles. The molecular formula is C22H19ClFN3O4S. The lowest BCUT2D eigenvalue weighted by molar-refractivity contribution is -0.116. The van der Waals surface area contributed by atoms with Gasteiger partial charge in [-0.05, 0) is 66.7 Å². The van der Waals surface area contributed by atoms with Crippen molar-refractivity contribution in [1.82, 2.24) is 0 Å². The number of amides is 2. The zero-order chi connectivity index (χ0) is 23.5. The molecule has 0 aliphatic heterocycles. The highest BCUT2D eigenvalue weighted by Gasteiger charge is 2.16. The highest BCUT2D eigenvalue weighted by atomic mass is 35.5. The zero-order valence-electron chi connectivity index (χ0n) is 17.1. The minimum atomic E-state index is -3.98. The van der Waals surface area contributed by atoms with Gasteiger partial charge in [0.1, 0.15) is 5.82 Å². The molecule has 10 heteroatoms. The fraction of sp³-hybridized carbons (Fsp3) is 0.0909. The maximum absolute atomic E-state index is 13.3. The average Bonchev–Trinajstić information content (AvgIpc) is 2.75. The lowest BCUT2D eigenvalue weighted by Gasteiger charge is -2.15. The molecule has 0 aliphatic rings. The van der Waals surface area contributed by atoms with Gasteiger partial charge in [-0.25, -0.2) is 12.8 Å². The minimum absolute atomic E-state index is 0.111. The van der Waals surface area contributed by atoms with Crippen LogP contribution >= 0.6 is 11.6 Å². The molecule has 2 amide bonds. The van der Waals surface area contributed by atoms with Crippen LogP contribution < -0.4 is 14.9 Å². The van der Waals surface area contributed by atoms with Crippen molar-refractivity contribution in [2.75, 3.05) is 22.0 Å². The van der Waals surface area contributed by atoms with Crippen LogP contribution in [-0.4, -0.2) is 27.3 Å². The van der Waals surface area contributed by atoms with Gasteiger partial charge in [-0.3, -0.25) is 14.3 Å². The molecule has 0 unspecified atom stereocenters. The summed E-state index contributed by atoms with van der Waals surface area (Å²) >= 11 is 5.65. The van der Waals surface area contributed by atoms with E-state index in [1.807, 2.05) is 0 Å². The molecule has 3 rings (SSSR count). The SMILES string of the molecule is CC(=O)N(C)c1ccc(NC(=O)c2ccc(NS(=O)(=O)c3ccc(F)c(Cl)c3)cc2)cc1. The number of anilines is 3. The number of benzene rings is 3. The summed E-state index contributed by atoms with van der Waals surface area (Å²) in [5.74, 6) is -1.22. The predicted octanol–water partition coefficient (Wildman–Crippen LogP) is 4.51. The van der Waals surface area contributed by atoms with Crippen molar-refractivity contribution in [3.05, 3.63) is 83.1 Å². The second kappa shape index (κ2) is 9.37. The van der Waals surface area contributed by atoms with Crippen molar-refractivity contribution in [2.24, 2.45) is 0 Å². The Labute approximate surface area is 189 Å². The van der Waals surface area contributed by atoms with Gasteiger partial charge in [0.2, 0.25) is 5.91 Å². The Hall–Kier alpha value is -3.43. The van der Waals surface area contributed by atoms with Gasteiger partial charge in [0, 0.05) is 36.6 Å². The summed E-state index contributed by atoms with van der Waals surface area (Å²) in [5.41, 5.74) is 1.75. The van der Waals surface area contributed by atoms with E-state index in [0.29, 0.717) is 16.9 Å². The van der Waals surface area contributed by atoms with Crippen LogP contribution in [0.2, 0.25) is 5.02 Å². The number of nitrogens with zero attached hydrogens (tertiary/aromatic N) is 1. The Balaban J connectivity index is 1.67. The predicted molar refractivity (Wildman–Crippen MR) is 122 cm³/mol. The zero-order valence-corrected chi connectivity index (χ0v) is 18.7. The van der Waals surface area contributed by atoms with Gasteiger partial charge in [-0.1, -0.05) is 11.6 Å². The standard InChI is InChI=1S/C22H19ClFN3O4S/c1-14(28)27(2)18-9-7-16(8-10-18)25-22(29)15-3-5-17(6-4-15)26-32(30,31)19-11-12-21(24)20(23)13-19/h3-13,26H,1-2H3,(H,25,29). The van der Waals surface area contributed by atoms with Crippen LogP contribution in [-0.2, 0) is 14.8 Å². The van der Waals surface area contributed by atoms with Crippen LogP contribution in [0.15, 0.2) is 71.6 Å². The number of sulfonamides is 1. The molecule has 3 aromatic rings. The van der Waals surface area contributed by atoms with E-state index in [4.69, 9.17) is 11.6 Å². The monoisotopic (exact) mass is 475 g/mol. The largest absolute Gasteiger partial charge is 0.322 e. The van der Waals surface area contributed by atoms with Gasteiger partial charge in [-0.15, -0.1) is 0 Å². The fourth-order valence-corrected chi connectivity index (χ4v) is 4.03. The number of nitrogens with one attached hydrogen (secondary N) is 2. The van der Waals surface area contributed by atoms with Gasteiger partial charge in [0.05, 0.1) is 9.92 Å². The van der Waals surface area contributed by atoms with Crippen LogP contribution in [0.25, 0.3) is 0 Å². The van der Waals surface area contributed by atoms with Gasteiger partial charge >= 0.3 is 0 Å². The van der Waals surface area contributed by atoms with E-state index in [-0.39, 0.29) is 21.5 Å². The van der Waals surface area contributed by atoms with Crippen LogP contribution in [0.3, 0.4) is 0 Å². The van der Waals surface area contributed by atoms with Gasteiger partial charge in [0.15, 0.2) is 0 Å². The Kier molecular flexibility index (Phi) is 6.81. The normalized spacial score (nSPS) is 11.0. The maximum atomic E-state index is 13.3. The van der Waals surface area contributed by atoms with Crippen LogP contribution in [0.5, 0.6) is 0 Å². The molecule has 0 saturated carbocycles. The summed E-state index contributed by atoms with van der Waals surface area (Å²) in [7, 11) is -2.33. The molecule has 0 spiro atoms. The molecule has 0 atom stereocenters. The number of carbonyl (C=O) groups is 2. The third-order valence-corrected chi connectivity index (χ3v) is 6.25. The molecule has 166 valence electrons. The summed E-state index contributed by atoms with van der Waals surface area (Å²) in [6.45, 7) is 1.45. The topological polar surface area (TPSA) is 95.6 Å². The Morgan fingerprint density at radius 1 is 0.938 bits per heavy atom. The molecule has 2 N–H and O–H groups in total. The van der Waals surface area contributed by atoms with Crippen molar-refractivity contribution in [1.29, 1.82) is 0 Å². The van der Waals surface area contributed by atoms with E-state index >= 15 is 0 Å². The third-order valence-electron chi connectivity index (χ3n) is 4.59. The third kappa shape index (κ3) is 5.43. The number of halogens is 2. The first-order chi connectivity index (χ1) is 15.1. The van der Waals surface area contributed by atoms with E-state index in [2.05, 4.69) is 10.0 Å². The van der Waals surface area contributed by atoms with E-state index < -0.39 is 21.7 Å². The molecule has 32 heavy (non-hydrogen) atoms. The highest BCUT2D eigenvalue weighted by Crippen LogP contribution is 2.22. The molecule has 0 fully saturated rings. The number of carbonyl (C=O) groups excluding carboxylic acids is 2. The number of hydrogen-bond acceptors (Lipinski definition) is 4. The smallest absolute Gasteiger partial charge is 0.261 e. The minimum Gasteiger partial charge on any atom is -0.322 e. The first-order valence-corrected chi connectivity index (χ1v) is 11.2. The van der Waals surface area contributed by atoms with Gasteiger partial charge in [-0.2, -0.15) is 0 Å². The summed E-state index contributed by atoms with van der Waals surface area (Å²) in [6, 6.07) is 15.6. The lowest BCUT2D eigenvalue weighted by Crippen LogP contribution is -2.22. The van der Waals surface area contributed by atoms with E-state index in [1.165, 1.54) is 36.1 Å². The van der Waals surface area contributed by atoms with Crippen molar-refractivity contribution < 1.29 is 22.4 Å². The maximum Gasteiger partial charge on any atom is 0.261 e. The van der Waals surface area contributed by atoms with Crippen molar-refractivity contribution in [3.63, 3.8) is 0 Å². The number of hydrogen-bond donors (Lipinski definition) is 2. The summed E-state index contributed by atoms with van der Waals surface area (Å²) in [6.07, 6.45) is 0. The molecule has 7 nitrogen and oxygen atoms in total. The first-order valence-electron chi connectivity index (χ1n) is 9.30. The Morgan fingerprint density at radius 3 is 2.09 bits per heavy atom. The molecule has 0 radical (unpaired) electrons. The summed E-state index contributed by atoms with van der Waals surface area (Å²) < 4.78 is 40.5. The second-order valence-corrected chi connectivity index (χ2v) is 8.93. The van der Waals surface area contributed by atoms with Gasteiger partial charge < -0.3 is 10.2 Å². The van der Waals surface area contributed by atoms with Crippen LogP contribution in [0.4, 0.5) is 21.5 Å². The van der Waals surface area contributed by atoms with E-state index in [9.17, 15) is 22.4 Å². The van der Waals surface area contributed by atoms with E-state index in [1.54, 1.807) is 31.3 Å². The van der Waals surface area contributed by atoms with Crippen LogP contribution in [0, 0.1) is 5.82 Å². The lowest BCUT2D eigenvalue weighted by atomic mass is 10.2. The van der Waals surface area contributed by atoms with Gasteiger partial charge in [0.25, 0.3) is 15.9 Å². The van der Waals surface area contributed by atoms with Crippen molar-refractivity contribution in [3.8, 4) is 0 Å². The molecule has 0 heterocycles. The molecule has 0 bridgehead atoms. The highest BCUT2D eigenvalue weighted by molar-refractivity contribution is 7.92. The summed E-state index contributed by atoms with van der Waals surface area (Å²) in [4.78, 5) is 25.2. The van der Waals surface area contributed by atoms with Crippen molar-refractivity contribution >= 4 is 50.5 Å². The Bertz CT molecular complexity index is 1260. The second-order valence-electron chi connectivity index (χ2n) is 6.84. The fourth-order valence-electron chi connectivity index (χ4n) is 2.70. The number of rotatable bonds is 6. The Morgan fingerprint density at radius 2 is 1.53 bits per heavy atom. The van der Waals surface area contributed by atoms with E-state index in [0.717, 1.165) is 18.2 Å².